The largest absolute Gasteiger partial charge is 0.348 e. The van der Waals surface area contributed by atoms with Crippen LogP contribution in [0.3, 0.4) is 0 Å². The average molecular weight is 394 g/mol. The Hall–Kier alpha value is -2.66. The summed E-state index contributed by atoms with van der Waals surface area (Å²) in [7, 11) is 0. The lowest BCUT2D eigenvalue weighted by Crippen LogP contribution is -2.54. The number of amides is 2. The molecule has 0 aliphatic carbocycles. The number of fused-ring (bicyclic) bond motifs is 1. The summed E-state index contributed by atoms with van der Waals surface area (Å²) in [6.45, 7) is 6.74. The van der Waals surface area contributed by atoms with Crippen molar-refractivity contribution in [1.29, 1.82) is 0 Å². The Bertz CT molecular complexity index is 835. The number of hydrogen-bond donors (Lipinski definition) is 3. The first kappa shape index (κ1) is 21.1. The number of carbonyl (C=O) groups is 2. The number of carbonyl (C=O) groups excluding carboxylic acids is 2. The second kappa shape index (κ2) is 9.70. The fourth-order valence-electron chi connectivity index (χ4n) is 3.75. The molecular formula is C24H31N3O2. The van der Waals surface area contributed by atoms with Crippen molar-refractivity contribution in [3.63, 3.8) is 0 Å². The number of rotatable bonds is 7. The standard InChI is InChI=1S/C24H31N3O2/c1-16(2)13-22(24(29)26-17(3)18-9-5-4-6-10-18)27-23(28)21-14-19-11-7-8-12-20(19)15-25-21/h4-12,16-17,21-22,25H,13-15H2,1-3H3,(H,26,29)(H,27,28)/t17-,21-,22-/m1/s1. The highest BCUT2D eigenvalue weighted by atomic mass is 16.2. The monoisotopic (exact) mass is 393 g/mol. The van der Waals surface area contributed by atoms with Crippen LogP contribution in [0.2, 0.25) is 0 Å². The highest BCUT2D eigenvalue weighted by molar-refractivity contribution is 5.90. The van der Waals surface area contributed by atoms with Crippen molar-refractivity contribution in [2.45, 2.75) is 58.3 Å². The maximum absolute atomic E-state index is 12.9. The van der Waals surface area contributed by atoms with Crippen molar-refractivity contribution in [3.05, 3.63) is 71.3 Å². The highest BCUT2D eigenvalue weighted by Crippen LogP contribution is 2.17. The van der Waals surface area contributed by atoms with Gasteiger partial charge in [0.25, 0.3) is 0 Å². The van der Waals surface area contributed by atoms with Crippen LogP contribution in [0.1, 0.15) is 49.9 Å². The van der Waals surface area contributed by atoms with Crippen LogP contribution >= 0.6 is 0 Å². The van der Waals surface area contributed by atoms with Gasteiger partial charge in [-0.15, -0.1) is 0 Å². The zero-order valence-electron chi connectivity index (χ0n) is 17.4. The van der Waals surface area contributed by atoms with E-state index < -0.39 is 6.04 Å². The molecule has 0 saturated carbocycles. The molecule has 2 aromatic rings. The molecule has 154 valence electrons. The summed E-state index contributed by atoms with van der Waals surface area (Å²) in [6.07, 6.45) is 1.24. The van der Waals surface area contributed by atoms with Crippen molar-refractivity contribution in [2.75, 3.05) is 0 Å². The molecule has 5 nitrogen and oxygen atoms in total. The third kappa shape index (κ3) is 5.67. The van der Waals surface area contributed by atoms with Crippen molar-refractivity contribution in [3.8, 4) is 0 Å². The first-order valence-corrected chi connectivity index (χ1v) is 10.4. The Labute approximate surface area is 173 Å². The van der Waals surface area contributed by atoms with Gasteiger partial charge in [0.15, 0.2) is 0 Å². The molecule has 2 amide bonds. The van der Waals surface area contributed by atoms with Gasteiger partial charge in [-0.05, 0) is 42.4 Å². The molecule has 1 aliphatic heterocycles. The molecule has 5 heteroatoms. The fraction of sp³-hybridized carbons (Fsp3) is 0.417. The molecule has 3 N–H and O–H groups in total. The fourth-order valence-corrected chi connectivity index (χ4v) is 3.75. The lowest BCUT2D eigenvalue weighted by molar-refractivity contribution is -0.130. The molecule has 0 unspecified atom stereocenters. The smallest absolute Gasteiger partial charge is 0.243 e. The van der Waals surface area contributed by atoms with Crippen LogP contribution in [0, 0.1) is 5.92 Å². The van der Waals surface area contributed by atoms with E-state index in [1.165, 1.54) is 11.1 Å². The van der Waals surface area contributed by atoms with E-state index in [1.807, 2.05) is 49.4 Å². The quantitative estimate of drug-likeness (QED) is 0.677. The van der Waals surface area contributed by atoms with Crippen LogP contribution in [-0.2, 0) is 22.6 Å². The average Bonchev–Trinajstić information content (AvgIpc) is 2.73. The van der Waals surface area contributed by atoms with Gasteiger partial charge in [0, 0.05) is 6.54 Å². The van der Waals surface area contributed by atoms with Gasteiger partial charge in [0.2, 0.25) is 11.8 Å². The van der Waals surface area contributed by atoms with Crippen LogP contribution in [-0.4, -0.2) is 23.9 Å². The maximum Gasteiger partial charge on any atom is 0.243 e. The van der Waals surface area contributed by atoms with Gasteiger partial charge in [0.05, 0.1) is 12.1 Å². The van der Waals surface area contributed by atoms with Gasteiger partial charge in [-0.3, -0.25) is 9.59 Å². The Kier molecular flexibility index (Phi) is 7.04. The van der Waals surface area contributed by atoms with Crippen molar-refractivity contribution < 1.29 is 9.59 Å². The summed E-state index contributed by atoms with van der Waals surface area (Å²) in [4.78, 5) is 25.8. The lowest BCUT2D eigenvalue weighted by atomic mass is 9.95. The molecule has 3 rings (SSSR count). The first-order valence-electron chi connectivity index (χ1n) is 10.4. The molecule has 0 aromatic heterocycles. The number of hydrogen-bond acceptors (Lipinski definition) is 3. The van der Waals surface area contributed by atoms with Crippen molar-refractivity contribution in [1.82, 2.24) is 16.0 Å². The molecule has 0 radical (unpaired) electrons. The van der Waals surface area contributed by atoms with Gasteiger partial charge >= 0.3 is 0 Å². The Morgan fingerprint density at radius 1 is 0.966 bits per heavy atom. The summed E-state index contributed by atoms with van der Waals surface area (Å²) in [5.41, 5.74) is 3.46. The molecule has 0 spiro atoms. The maximum atomic E-state index is 12.9. The predicted molar refractivity (Wildman–Crippen MR) is 115 cm³/mol. The van der Waals surface area contributed by atoms with Crippen molar-refractivity contribution in [2.24, 2.45) is 5.92 Å². The highest BCUT2D eigenvalue weighted by Gasteiger charge is 2.29. The van der Waals surface area contributed by atoms with Crippen LogP contribution in [0.4, 0.5) is 0 Å². The Balaban J connectivity index is 1.64. The van der Waals surface area contributed by atoms with E-state index in [-0.39, 0.29) is 29.8 Å². The summed E-state index contributed by atoms with van der Waals surface area (Å²) in [5, 5.41) is 9.34. The topological polar surface area (TPSA) is 70.2 Å². The molecule has 1 heterocycles. The summed E-state index contributed by atoms with van der Waals surface area (Å²) in [6, 6.07) is 17.0. The zero-order chi connectivity index (χ0) is 20.8. The zero-order valence-corrected chi connectivity index (χ0v) is 17.4. The van der Waals surface area contributed by atoms with Crippen LogP contribution in [0.5, 0.6) is 0 Å². The van der Waals surface area contributed by atoms with Gasteiger partial charge in [-0.1, -0.05) is 68.4 Å². The molecule has 0 bridgehead atoms. The number of benzene rings is 2. The lowest BCUT2D eigenvalue weighted by Gasteiger charge is -2.28. The Morgan fingerprint density at radius 2 is 1.62 bits per heavy atom. The second-order valence-corrected chi connectivity index (χ2v) is 8.24. The summed E-state index contributed by atoms with van der Waals surface area (Å²) in [5.74, 6) is 0.0328. The summed E-state index contributed by atoms with van der Waals surface area (Å²) >= 11 is 0. The first-order chi connectivity index (χ1) is 13.9. The molecule has 29 heavy (non-hydrogen) atoms. The van der Waals surface area contributed by atoms with Crippen molar-refractivity contribution >= 4 is 11.8 Å². The van der Waals surface area contributed by atoms with E-state index in [4.69, 9.17) is 0 Å². The van der Waals surface area contributed by atoms with E-state index >= 15 is 0 Å². The molecular weight excluding hydrogens is 362 g/mol. The molecule has 0 fully saturated rings. The minimum Gasteiger partial charge on any atom is -0.348 e. The van der Waals surface area contributed by atoms with E-state index in [1.54, 1.807) is 0 Å². The summed E-state index contributed by atoms with van der Waals surface area (Å²) < 4.78 is 0. The van der Waals surface area contributed by atoms with Gasteiger partial charge < -0.3 is 16.0 Å². The van der Waals surface area contributed by atoms with Gasteiger partial charge in [-0.2, -0.15) is 0 Å². The van der Waals surface area contributed by atoms with Crippen LogP contribution in [0.25, 0.3) is 0 Å². The third-order valence-electron chi connectivity index (χ3n) is 5.40. The van der Waals surface area contributed by atoms with E-state index in [0.29, 0.717) is 19.4 Å². The molecule has 3 atom stereocenters. The van der Waals surface area contributed by atoms with E-state index in [0.717, 1.165) is 5.56 Å². The minimum absolute atomic E-state index is 0.116. The second-order valence-electron chi connectivity index (χ2n) is 8.24. The SMILES string of the molecule is CC(C)C[C@@H](NC(=O)[C@H]1Cc2ccccc2CN1)C(=O)N[C@H](C)c1ccccc1. The van der Waals surface area contributed by atoms with Gasteiger partial charge in [-0.25, -0.2) is 0 Å². The van der Waals surface area contributed by atoms with Crippen LogP contribution in [0.15, 0.2) is 54.6 Å². The third-order valence-corrected chi connectivity index (χ3v) is 5.40. The van der Waals surface area contributed by atoms with E-state index in [9.17, 15) is 9.59 Å². The molecule has 0 saturated heterocycles. The predicted octanol–water partition coefficient (Wildman–Crippen LogP) is 3.11. The number of nitrogens with one attached hydrogen (secondary N) is 3. The normalized spacial score (nSPS) is 17.9. The van der Waals surface area contributed by atoms with Gasteiger partial charge in [0.1, 0.15) is 6.04 Å². The van der Waals surface area contributed by atoms with Crippen LogP contribution < -0.4 is 16.0 Å². The Morgan fingerprint density at radius 3 is 2.31 bits per heavy atom. The molecule has 2 aromatic carbocycles. The minimum atomic E-state index is -0.548. The van der Waals surface area contributed by atoms with E-state index in [2.05, 4.69) is 41.9 Å². The molecule has 1 aliphatic rings.